The molecule has 0 spiro atoms. The van der Waals surface area contributed by atoms with Crippen LogP contribution in [0.1, 0.15) is 76.8 Å². The molecule has 2 heteroatoms. The molecule has 0 N–H and O–H groups in total. The Balaban J connectivity index is 1.60. The number of benzene rings is 3. The van der Waals surface area contributed by atoms with Gasteiger partial charge in [0.05, 0.1) is 16.6 Å². The maximum atomic E-state index is 5.21. The van der Waals surface area contributed by atoms with Crippen molar-refractivity contribution in [1.82, 2.24) is 9.38 Å². The van der Waals surface area contributed by atoms with E-state index in [0.717, 1.165) is 29.4 Å². The smallest absolute Gasteiger partial charge is 0.146 e. The highest BCUT2D eigenvalue weighted by Gasteiger charge is 2.37. The Morgan fingerprint density at radius 3 is 2.50 bits per heavy atom. The van der Waals surface area contributed by atoms with E-state index in [2.05, 4.69) is 92.8 Å². The second-order valence-corrected chi connectivity index (χ2v) is 11.0. The summed E-state index contributed by atoms with van der Waals surface area (Å²) < 4.78 is 2.43. The highest BCUT2D eigenvalue weighted by molar-refractivity contribution is 6.13. The van der Waals surface area contributed by atoms with Crippen molar-refractivity contribution in [3.63, 3.8) is 0 Å². The lowest BCUT2D eigenvalue weighted by molar-refractivity contribution is 0.296. The normalized spacial score (nSPS) is 18.5. The predicted octanol–water partition coefficient (Wildman–Crippen LogP) is 9.07. The Labute approximate surface area is 203 Å². The Hall–Kier alpha value is -2.87. The molecule has 34 heavy (non-hydrogen) atoms. The lowest BCUT2D eigenvalue weighted by Gasteiger charge is -2.27. The van der Waals surface area contributed by atoms with Crippen molar-refractivity contribution < 1.29 is 0 Å². The van der Waals surface area contributed by atoms with Crippen molar-refractivity contribution in [3.8, 4) is 0 Å². The van der Waals surface area contributed by atoms with Crippen LogP contribution in [0.25, 0.3) is 38.4 Å². The van der Waals surface area contributed by atoms with Crippen molar-refractivity contribution in [3.05, 3.63) is 71.8 Å². The molecule has 2 nitrogen and oxygen atoms in total. The third-order valence-electron chi connectivity index (χ3n) is 8.79. The van der Waals surface area contributed by atoms with Crippen LogP contribution in [-0.4, -0.2) is 9.38 Å². The molecule has 2 atom stereocenters. The van der Waals surface area contributed by atoms with Gasteiger partial charge >= 0.3 is 0 Å². The average Bonchev–Trinajstić information content (AvgIpc) is 3.53. The van der Waals surface area contributed by atoms with Gasteiger partial charge < -0.3 is 0 Å². The molecule has 1 aliphatic carbocycles. The van der Waals surface area contributed by atoms with Gasteiger partial charge in [-0.2, -0.15) is 0 Å². The summed E-state index contributed by atoms with van der Waals surface area (Å²) >= 11 is 0. The maximum absolute atomic E-state index is 5.21. The molecule has 0 saturated heterocycles. The predicted molar refractivity (Wildman–Crippen MR) is 146 cm³/mol. The van der Waals surface area contributed by atoms with Crippen LogP contribution in [0, 0.1) is 11.3 Å². The minimum Gasteiger partial charge on any atom is -0.292 e. The highest BCUT2D eigenvalue weighted by Crippen LogP contribution is 2.50. The van der Waals surface area contributed by atoms with Crippen LogP contribution in [0.3, 0.4) is 0 Å². The summed E-state index contributed by atoms with van der Waals surface area (Å²) in [5, 5.41) is 3.89. The monoisotopic (exact) mass is 448 g/mol. The van der Waals surface area contributed by atoms with Crippen molar-refractivity contribution in [2.45, 2.75) is 72.1 Å². The first-order valence-electron chi connectivity index (χ1n) is 13.3. The molecule has 0 bridgehead atoms. The molecule has 1 fully saturated rings. The van der Waals surface area contributed by atoms with E-state index in [9.17, 15) is 0 Å². The Morgan fingerprint density at radius 2 is 1.71 bits per heavy atom. The number of para-hydroxylation sites is 1. The van der Waals surface area contributed by atoms with Crippen molar-refractivity contribution >= 4 is 38.4 Å². The molecule has 2 unspecified atom stereocenters. The number of pyridine rings is 1. The first kappa shape index (κ1) is 21.6. The van der Waals surface area contributed by atoms with Gasteiger partial charge in [-0.05, 0) is 70.9 Å². The molecule has 2 aromatic heterocycles. The van der Waals surface area contributed by atoms with Crippen molar-refractivity contribution in [2.75, 3.05) is 0 Å². The molecule has 6 rings (SSSR count). The molecule has 2 heterocycles. The second-order valence-electron chi connectivity index (χ2n) is 11.0. The van der Waals surface area contributed by atoms with Gasteiger partial charge in [-0.1, -0.05) is 89.8 Å². The first-order valence-corrected chi connectivity index (χ1v) is 13.3. The van der Waals surface area contributed by atoms with E-state index in [1.54, 1.807) is 0 Å². The summed E-state index contributed by atoms with van der Waals surface area (Å²) in [6.45, 7) is 9.36. The van der Waals surface area contributed by atoms with Crippen LogP contribution in [-0.2, 0) is 6.42 Å². The summed E-state index contributed by atoms with van der Waals surface area (Å²) in [6.07, 6.45) is 7.49. The van der Waals surface area contributed by atoms with Gasteiger partial charge in [-0.3, -0.25) is 4.40 Å². The number of rotatable bonds is 7. The third kappa shape index (κ3) is 3.42. The number of imidazole rings is 1. The van der Waals surface area contributed by atoms with Crippen LogP contribution in [0.5, 0.6) is 0 Å². The van der Waals surface area contributed by atoms with Gasteiger partial charge in [0.1, 0.15) is 5.65 Å². The van der Waals surface area contributed by atoms with E-state index in [-0.39, 0.29) is 0 Å². The standard InChI is InChI=1S/C32H36N2/c1-5-10-22-18-26(22)23-14-16-28-30(19-23)34-29-12-9-8-11-25(29)24-15-13-21(17-27(24)31(34)33-28)20-32(4,6-2)7-3/h8-9,11-17,19,22,26H,5-7,10,18,20H2,1-4H3. The molecular formula is C32H36N2. The minimum atomic E-state index is 0.342. The zero-order valence-electron chi connectivity index (χ0n) is 21.1. The Bertz CT molecular complexity index is 1520. The highest BCUT2D eigenvalue weighted by atomic mass is 15.0. The molecule has 1 saturated carbocycles. The first-order chi connectivity index (χ1) is 16.5. The molecular weight excluding hydrogens is 412 g/mol. The molecule has 174 valence electrons. The summed E-state index contributed by atoms with van der Waals surface area (Å²) in [6, 6.07) is 23.0. The zero-order chi connectivity index (χ0) is 23.4. The van der Waals surface area contributed by atoms with E-state index in [0.29, 0.717) is 5.41 Å². The quantitative estimate of drug-likeness (QED) is 0.227. The molecule has 3 aromatic carbocycles. The van der Waals surface area contributed by atoms with Gasteiger partial charge in [-0.15, -0.1) is 0 Å². The number of hydrogen-bond donors (Lipinski definition) is 0. The van der Waals surface area contributed by atoms with E-state index < -0.39 is 0 Å². The van der Waals surface area contributed by atoms with E-state index in [4.69, 9.17) is 4.98 Å². The van der Waals surface area contributed by atoms with Crippen molar-refractivity contribution in [1.29, 1.82) is 0 Å². The largest absolute Gasteiger partial charge is 0.292 e. The number of nitrogens with zero attached hydrogens (tertiary/aromatic N) is 2. The summed E-state index contributed by atoms with van der Waals surface area (Å²) in [7, 11) is 0. The van der Waals surface area contributed by atoms with Crippen molar-refractivity contribution in [2.24, 2.45) is 11.3 Å². The third-order valence-corrected chi connectivity index (χ3v) is 8.79. The lowest BCUT2D eigenvalue weighted by Crippen LogP contribution is -2.17. The average molecular weight is 449 g/mol. The van der Waals surface area contributed by atoms with Gasteiger partial charge in [0.15, 0.2) is 0 Å². The number of hydrogen-bond acceptors (Lipinski definition) is 1. The number of aromatic nitrogens is 2. The minimum absolute atomic E-state index is 0.342. The fourth-order valence-electron chi connectivity index (χ4n) is 6.10. The molecule has 0 radical (unpaired) electrons. The molecule has 0 aliphatic heterocycles. The van der Waals surface area contributed by atoms with Gasteiger partial charge in [0.25, 0.3) is 0 Å². The topological polar surface area (TPSA) is 17.3 Å². The maximum Gasteiger partial charge on any atom is 0.146 e. The van der Waals surface area contributed by atoms with Gasteiger partial charge in [0, 0.05) is 10.8 Å². The van der Waals surface area contributed by atoms with E-state index >= 15 is 0 Å². The summed E-state index contributed by atoms with van der Waals surface area (Å²) in [4.78, 5) is 5.21. The summed E-state index contributed by atoms with van der Waals surface area (Å²) in [5.41, 5.74) is 7.96. The Kier molecular flexibility index (Phi) is 5.17. The lowest BCUT2D eigenvalue weighted by atomic mass is 9.79. The van der Waals surface area contributed by atoms with Crippen LogP contribution in [0.4, 0.5) is 0 Å². The van der Waals surface area contributed by atoms with Crippen LogP contribution < -0.4 is 0 Å². The Morgan fingerprint density at radius 1 is 0.882 bits per heavy atom. The summed E-state index contributed by atoms with van der Waals surface area (Å²) in [5.74, 6) is 1.60. The van der Waals surface area contributed by atoms with Crippen LogP contribution >= 0.6 is 0 Å². The molecule has 0 amide bonds. The number of fused-ring (bicyclic) bond motifs is 8. The SMILES string of the molecule is CCCC1CC1c1ccc2nc3c4cc(CC(C)(CC)CC)ccc4c4ccccc4n3c2c1. The van der Waals surface area contributed by atoms with Gasteiger partial charge in [0.2, 0.25) is 0 Å². The van der Waals surface area contributed by atoms with E-state index in [1.807, 2.05) is 0 Å². The van der Waals surface area contributed by atoms with Crippen LogP contribution in [0.2, 0.25) is 0 Å². The molecule has 5 aromatic rings. The van der Waals surface area contributed by atoms with Gasteiger partial charge in [-0.25, -0.2) is 4.98 Å². The second kappa shape index (κ2) is 8.12. The van der Waals surface area contributed by atoms with Crippen LogP contribution in [0.15, 0.2) is 60.7 Å². The molecule has 1 aliphatic rings. The zero-order valence-corrected chi connectivity index (χ0v) is 21.1. The fourth-order valence-corrected chi connectivity index (χ4v) is 6.10. The fraction of sp³-hybridized carbons (Fsp3) is 0.406. The van der Waals surface area contributed by atoms with E-state index in [1.165, 1.54) is 70.4 Å².